The molecule has 4 amide bonds. The van der Waals surface area contributed by atoms with Gasteiger partial charge in [-0.2, -0.15) is 0 Å². The summed E-state index contributed by atoms with van der Waals surface area (Å²) >= 11 is 0. The van der Waals surface area contributed by atoms with Crippen molar-refractivity contribution in [2.24, 2.45) is 5.73 Å². The van der Waals surface area contributed by atoms with Gasteiger partial charge in [0.1, 0.15) is 6.04 Å². The van der Waals surface area contributed by atoms with Crippen LogP contribution in [0.2, 0.25) is 0 Å². The van der Waals surface area contributed by atoms with Crippen LogP contribution >= 0.6 is 0 Å². The summed E-state index contributed by atoms with van der Waals surface area (Å²) in [6, 6.07) is 5.47. The molecule has 0 spiro atoms. The maximum atomic E-state index is 12.7. The molecular formula is C20H26N4O4. The number of rotatable bonds is 4. The predicted molar refractivity (Wildman–Crippen MR) is 104 cm³/mol. The van der Waals surface area contributed by atoms with Crippen LogP contribution < -0.4 is 16.0 Å². The van der Waals surface area contributed by atoms with Crippen molar-refractivity contribution >= 4 is 29.3 Å². The van der Waals surface area contributed by atoms with Crippen LogP contribution in [0.5, 0.6) is 0 Å². The first-order valence-corrected chi connectivity index (χ1v) is 9.66. The van der Waals surface area contributed by atoms with Crippen LogP contribution in [0.15, 0.2) is 24.3 Å². The van der Waals surface area contributed by atoms with Gasteiger partial charge in [-0.05, 0) is 49.9 Å². The van der Waals surface area contributed by atoms with Gasteiger partial charge in [0.15, 0.2) is 0 Å². The number of primary amides is 1. The molecule has 0 bridgehead atoms. The summed E-state index contributed by atoms with van der Waals surface area (Å²) in [7, 11) is 0. The molecule has 0 aliphatic carbocycles. The van der Waals surface area contributed by atoms with Crippen molar-refractivity contribution in [1.29, 1.82) is 0 Å². The molecule has 2 heterocycles. The number of hydrogen-bond acceptors (Lipinski definition) is 4. The molecule has 2 saturated heterocycles. The normalized spacial score (nSPS) is 22.7. The molecule has 0 radical (unpaired) electrons. The molecule has 2 aliphatic rings. The minimum absolute atomic E-state index is 0.0966. The summed E-state index contributed by atoms with van der Waals surface area (Å²) < 4.78 is 0. The van der Waals surface area contributed by atoms with E-state index in [1.807, 2.05) is 0 Å². The van der Waals surface area contributed by atoms with Crippen molar-refractivity contribution in [2.45, 2.75) is 51.1 Å². The van der Waals surface area contributed by atoms with Gasteiger partial charge in [0.2, 0.25) is 17.7 Å². The molecule has 2 atom stereocenters. The van der Waals surface area contributed by atoms with E-state index in [0.29, 0.717) is 37.9 Å². The van der Waals surface area contributed by atoms with Crippen LogP contribution in [0.4, 0.5) is 5.69 Å². The third-order valence-corrected chi connectivity index (χ3v) is 5.41. The Kier molecular flexibility index (Phi) is 5.96. The molecule has 8 heteroatoms. The Morgan fingerprint density at radius 3 is 2.39 bits per heavy atom. The van der Waals surface area contributed by atoms with Gasteiger partial charge in [0.05, 0.1) is 6.04 Å². The Morgan fingerprint density at radius 2 is 1.79 bits per heavy atom. The number of benzene rings is 1. The molecule has 3 N–H and O–H groups in total. The Labute approximate surface area is 164 Å². The number of piperidine rings is 2. The van der Waals surface area contributed by atoms with Crippen LogP contribution in [-0.2, 0) is 14.4 Å². The Hall–Kier alpha value is -2.90. The maximum absolute atomic E-state index is 12.7. The van der Waals surface area contributed by atoms with E-state index in [2.05, 4.69) is 5.32 Å². The average molecular weight is 386 g/mol. The predicted octanol–water partition coefficient (Wildman–Crippen LogP) is 0.798. The van der Waals surface area contributed by atoms with E-state index in [9.17, 15) is 19.2 Å². The molecule has 0 saturated carbocycles. The van der Waals surface area contributed by atoms with E-state index in [1.54, 1.807) is 29.2 Å². The summed E-state index contributed by atoms with van der Waals surface area (Å²) in [5.74, 6) is -1.10. The summed E-state index contributed by atoms with van der Waals surface area (Å²) in [5, 5.41) is 2.85. The molecule has 1 aromatic rings. The fourth-order valence-corrected chi connectivity index (χ4v) is 3.98. The average Bonchev–Trinajstić information content (AvgIpc) is 2.68. The zero-order chi connectivity index (χ0) is 20.3. The molecule has 3 rings (SSSR count). The number of nitrogens with zero attached hydrogens (tertiary/aromatic N) is 2. The second-order valence-corrected chi connectivity index (χ2v) is 7.33. The van der Waals surface area contributed by atoms with Gasteiger partial charge in [-0.25, -0.2) is 0 Å². The molecule has 2 unspecified atom stereocenters. The summed E-state index contributed by atoms with van der Waals surface area (Å²) in [4.78, 5) is 51.5. The number of nitrogens with one attached hydrogen (secondary N) is 1. The van der Waals surface area contributed by atoms with Crippen molar-refractivity contribution in [3.05, 3.63) is 29.8 Å². The minimum Gasteiger partial charge on any atom is -0.368 e. The van der Waals surface area contributed by atoms with Gasteiger partial charge in [-0.3, -0.25) is 19.2 Å². The smallest absolute Gasteiger partial charge is 0.251 e. The molecule has 28 heavy (non-hydrogen) atoms. The maximum Gasteiger partial charge on any atom is 0.251 e. The van der Waals surface area contributed by atoms with Gasteiger partial charge in [-0.15, -0.1) is 0 Å². The Morgan fingerprint density at radius 1 is 1.07 bits per heavy atom. The Balaban J connectivity index is 1.70. The molecule has 150 valence electrons. The summed E-state index contributed by atoms with van der Waals surface area (Å²) in [5.41, 5.74) is 6.70. The minimum atomic E-state index is -0.847. The second kappa shape index (κ2) is 8.41. The standard InChI is InChI=1S/C20H26N4O4/c1-13(25)23-12-4-5-16(18(23)19(21)27)22-20(28)14-7-9-15(10-8-14)24-11-3-2-6-17(24)26/h7-10,16,18H,2-6,11-12H2,1H3,(H2,21,27)(H,22,28). The lowest BCUT2D eigenvalue weighted by Gasteiger charge is -2.39. The fraction of sp³-hybridized carbons (Fsp3) is 0.500. The van der Waals surface area contributed by atoms with Crippen LogP contribution in [0, 0.1) is 0 Å². The van der Waals surface area contributed by atoms with Crippen LogP contribution in [0.3, 0.4) is 0 Å². The highest BCUT2D eigenvalue weighted by Crippen LogP contribution is 2.22. The molecule has 1 aromatic carbocycles. The first-order valence-electron chi connectivity index (χ1n) is 9.66. The number of hydrogen-bond donors (Lipinski definition) is 2. The number of anilines is 1. The molecule has 2 aliphatic heterocycles. The quantitative estimate of drug-likeness (QED) is 0.797. The molecule has 0 aromatic heterocycles. The lowest BCUT2D eigenvalue weighted by atomic mass is 9.95. The van der Waals surface area contributed by atoms with E-state index in [1.165, 1.54) is 11.8 Å². The lowest BCUT2D eigenvalue weighted by molar-refractivity contribution is -0.140. The highest BCUT2D eigenvalue weighted by Gasteiger charge is 2.37. The second-order valence-electron chi connectivity index (χ2n) is 7.33. The molecule has 8 nitrogen and oxygen atoms in total. The van der Waals surface area contributed by atoms with E-state index < -0.39 is 18.0 Å². The topological polar surface area (TPSA) is 113 Å². The summed E-state index contributed by atoms with van der Waals surface area (Å²) in [6.07, 6.45) is 3.69. The van der Waals surface area contributed by atoms with E-state index in [4.69, 9.17) is 5.73 Å². The zero-order valence-corrected chi connectivity index (χ0v) is 16.0. The van der Waals surface area contributed by atoms with Gasteiger partial charge in [-0.1, -0.05) is 0 Å². The van der Waals surface area contributed by atoms with E-state index in [0.717, 1.165) is 18.5 Å². The third-order valence-electron chi connectivity index (χ3n) is 5.41. The van der Waals surface area contributed by atoms with Crippen molar-refractivity contribution in [2.75, 3.05) is 18.0 Å². The molecule has 2 fully saturated rings. The van der Waals surface area contributed by atoms with E-state index >= 15 is 0 Å². The number of carbonyl (C=O) groups is 4. The highest BCUT2D eigenvalue weighted by molar-refractivity contribution is 5.97. The largest absolute Gasteiger partial charge is 0.368 e. The van der Waals surface area contributed by atoms with Crippen LogP contribution in [-0.4, -0.2) is 53.7 Å². The lowest BCUT2D eigenvalue weighted by Crippen LogP contribution is -2.61. The third kappa shape index (κ3) is 4.16. The molecular weight excluding hydrogens is 360 g/mol. The van der Waals surface area contributed by atoms with Crippen LogP contribution in [0.25, 0.3) is 0 Å². The fourth-order valence-electron chi connectivity index (χ4n) is 3.98. The van der Waals surface area contributed by atoms with Gasteiger partial charge >= 0.3 is 0 Å². The number of carbonyl (C=O) groups excluding carboxylic acids is 4. The Bertz CT molecular complexity index is 777. The van der Waals surface area contributed by atoms with Crippen molar-refractivity contribution in [1.82, 2.24) is 10.2 Å². The van der Waals surface area contributed by atoms with Gasteiger partial charge in [0.25, 0.3) is 5.91 Å². The number of nitrogens with two attached hydrogens (primary N) is 1. The van der Waals surface area contributed by atoms with Crippen LogP contribution in [0.1, 0.15) is 49.4 Å². The van der Waals surface area contributed by atoms with E-state index in [-0.39, 0.29) is 17.7 Å². The number of amides is 4. The number of likely N-dealkylation sites (tertiary alicyclic amines) is 1. The first-order chi connectivity index (χ1) is 13.4. The SMILES string of the molecule is CC(=O)N1CCCC(NC(=O)c2ccc(N3CCCCC3=O)cc2)C1C(N)=O. The van der Waals surface area contributed by atoms with Crippen molar-refractivity contribution < 1.29 is 19.2 Å². The highest BCUT2D eigenvalue weighted by atomic mass is 16.2. The summed E-state index contributed by atoms with van der Waals surface area (Å²) in [6.45, 7) is 2.53. The van der Waals surface area contributed by atoms with Gasteiger partial charge < -0.3 is 20.9 Å². The zero-order valence-electron chi connectivity index (χ0n) is 16.0. The first kappa shape index (κ1) is 19.9. The van der Waals surface area contributed by atoms with Crippen molar-refractivity contribution in [3.63, 3.8) is 0 Å². The van der Waals surface area contributed by atoms with Crippen molar-refractivity contribution in [3.8, 4) is 0 Å². The van der Waals surface area contributed by atoms with Gasteiger partial charge in [0, 0.05) is 37.7 Å². The monoisotopic (exact) mass is 386 g/mol.